The first-order valence-electron chi connectivity index (χ1n) is 14.0. The summed E-state index contributed by atoms with van der Waals surface area (Å²) in [5.74, 6) is -0.671. The fourth-order valence-corrected chi connectivity index (χ4v) is 5.73. The Labute approximate surface area is 253 Å². The molecule has 1 N–H and O–H groups in total. The predicted octanol–water partition coefficient (Wildman–Crippen LogP) is 3.58. The van der Waals surface area contributed by atoms with E-state index in [4.69, 9.17) is 13.9 Å². The summed E-state index contributed by atoms with van der Waals surface area (Å²) >= 11 is 0. The topological polar surface area (TPSA) is 143 Å². The molecule has 6 rings (SSSR count). The lowest BCUT2D eigenvalue weighted by atomic mass is 10.1. The van der Waals surface area contributed by atoms with Crippen LogP contribution in [-0.2, 0) is 33.8 Å². The van der Waals surface area contributed by atoms with Crippen molar-refractivity contribution >= 4 is 21.7 Å². The van der Waals surface area contributed by atoms with E-state index in [0.717, 1.165) is 24.0 Å². The maximum atomic E-state index is 14.4. The molecule has 14 heteroatoms. The highest BCUT2D eigenvalue weighted by Crippen LogP contribution is 2.40. The fraction of sp³-hybridized carbons (Fsp3) is 0.300. The molecule has 1 aliphatic rings. The number of halogens is 1. The van der Waals surface area contributed by atoms with Crippen molar-refractivity contribution in [2.45, 2.75) is 50.1 Å². The molecule has 0 bridgehead atoms. The number of hydrogen-bond acceptors (Lipinski definition) is 9. The number of aromatic nitrogens is 6. The standard InChI is InChI=1S/C30H30FN7O5S/c1-19-3-7-24(8-4-19)44(40,41)43-12-10-21-13-22(20-5-6-20)15-37-16-23(34-29(21)37)17-38-18-26(35-36-38)30(39)33-14-25-28(31)27(42-2)9-11-32-25/h3-4,7-9,11,13,15-16,18,20H,5-6,10,12,14,17H2,1-2H3,(H,33,39). The number of hydrogen-bond donors (Lipinski definition) is 1. The smallest absolute Gasteiger partial charge is 0.296 e. The number of aryl methyl sites for hydroxylation is 1. The van der Waals surface area contributed by atoms with Gasteiger partial charge in [-0.2, -0.15) is 8.42 Å². The number of fused-ring (bicyclic) bond motifs is 1. The number of amides is 1. The number of pyridine rings is 2. The molecule has 0 radical (unpaired) electrons. The van der Waals surface area contributed by atoms with E-state index in [9.17, 15) is 17.6 Å². The molecule has 0 aliphatic heterocycles. The van der Waals surface area contributed by atoms with Gasteiger partial charge < -0.3 is 14.5 Å². The second kappa shape index (κ2) is 12.1. The van der Waals surface area contributed by atoms with Crippen LogP contribution in [0.3, 0.4) is 0 Å². The number of carbonyl (C=O) groups excluding carboxylic acids is 1. The maximum Gasteiger partial charge on any atom is 0.296 e. The lowest BCUT2D eigenvalue weighted by Crippen LogP contribution is -2.24. The van der Waals surface area contributed by atoms with Crippen LogP contribution in [0.25, 0.3) is 5.65 Å². The first-order chi connectivity index (χ1) is 21.2. The van der Waals surface area contributed by atoms with Crippen molar-refractivity contribution in [3.63, 3.8) is 0 Å². The molecule has 1 amide bonds. The van der Waals surface area contributed by atoms with Crippen molar-refractivity contribution < 1.29 is 26.5 Å². The Kier molecular flexibility index (Phi) is 8.10. The number of carbonyl (C=O) groups is 1. The van der Waals surface area contributed by atoms with Gasteiger partial charge in [-0.15, -0.1) is 5.10 Å². The zero-order chi connectivity index (χ0) is 30.8. The Morgan fingerprint density at radius 1 is 1.14 bits per heavy atom. The molecule has 1 fully saturated rings. The lowest BCUT2D eigenvalue weighted by molar-refractivity contribution is 0.0944. The highest BCUT2D eigenvalue weighted by atomic mass is 32.2. The van der Waals surface area contributed by atoms with Gasteiger partial charge in [0.1, 0.15) is 5.65 Å². The van der Waals surface area contributed by atoms with Crippen LogP contribution in [0.4, 0.5) is 4.39 Å². The molecule has 12 nitrogen and oxygen atoms in total. The van der Waals surface area contributed by atoms with Crippen molar-refractivity contribution in [1.29, 1.82) is 0 Å². The van der Waals surface area contributed by atoms with Gasteiger partial charge in [0.05, 0.1) is 49.3 Å². The number of methoxy groups -OCH3 is 1. The van der Waals surface area contributed by atoms with Crippen LogP contribution in [0, 0.1) is 12.7 Å². The first-order valence-corrected chi connectivity index (χ1v) is 15.4. The Balaban J connectivity index is 1.14. The molecule has 0 spiro atoms. The van der Waals surface area contributed by atoms with Gasteiger partial charge in [0.15, 0.2) is 17.3 Å². The molecule has 1 aromatic carbocycles. The summed E-state index contributed by atoms with van der Waals surface area (Å²) in [7, 11) is -2.54. The summed E-state index contributed by atoms with van der Waals surface area (Å²) in [6, 6.07) is 10.0. The summed E-state index contributed by atoms with van der Waals surface area (Å²) in [4.78, 5) is 21.5. The molecular formula is C30H30FN7O5S. The number of ether oxygens (including phenoxy) is 1. The third kappa shape index (κ3) is 6.45. The second-order valence-corrected chi connectivity index (χ2v) is 12.2. The summed E-state index contributed by atoms with van der Waals surface area (Å²) in [6.07, 6.45) is 9.37. The van der Waals surface area contributed by atoms with Crippen LogP contribution in [0.15, 0.2) is 66.1 Å². The minimum absolute atomic E-state index is 0.0289. The van der Waals surface area contributed by atoms with Crippen molar-refractivity contribution in [2.24, 2.45) is 0 Å². The van der Waals surface area contributed by atoms with E-state index >= 15 is 0 Å². The van der Waals surface area contributed by atoms with Crippen LogP contribution in [-0.4, -0.2) is 57.4 Å². The van der Waals surface area contributed by atoms with E-state index in [1.807, 2.05) is 23.7 Å². The Bertz CT molecular complexity index is 1940. The summed E-state index contributed by atoms with van der Waals surface area (Å²) in [5, 5.41) is 10.6. The zero-order valence-electron chi connectivity index (χ0n) is 24.1. The average molecular weight is 620 g/mol. The van der Waals surface area contributed by atoms with Crippen LogP contribution in [0.2, 0.25) is 0 Å². The SMILES string of the molecule is COc1ccnc(CNC(=O)c2cn(Cc3cn4cc(C5CC5)cc(CCOS(=O)(=O)c5ccc(C)cc5)c4n3)nn2)c1F. The molecule has 1 aliphatic carbocycles. The van der Waals surface area contributed by atoms with Crippen molar-refractivity contribution in [2.75, 3.05) is 13.7 Å². The average Bonchev–Trinajstić information content (AvgIpc) is 3.62. The van der Waals surface area contributed by atoms with Gasteiger partial charge in [-0.1, -0.05) is 29.0 Å². The molecule has 1 saturated carbocycles. The van der Waals surface area contributed by atoms with Gasteiger partial charge in [-0.3, -0.25) is 14.0 Å². The number of benzene rings is 1. The molecule has 44 heavy (non-hydrogen) atoms. The van der Waals surface area contributed by atoms with Crippen molar-refractivity contribution in [3.8, 4) is 5.75 Å². The van der Waals surface area contributed by atoms with Crippen LogP contribution in [0.1, 0.15) is 57.3 Å². The number of nitrogens with zero attached hydrogens (tertiary/aromatic N) is 6. The summed E-state index contributed by atoms with van der Waals surface area (Å²) in [5.41, 5.74) is 4.45. The monoisotopic (exact) mass is 619 g/mol. The van der Waals surface area contributed by atoms with Gasteiger partial charge in [-0.05, 0) is 48.9 Å². The van der Waals surface area contributed by atoms with E-state index < -0.39 is 21.8 Å². The minimum Gasteiger partial charge on any atom is -0.494 e. The number of nitrogens with one attached hydrogen (secondary N) is 1. The fourth-order valence-electron chi connectivity index (χ4n) is 4.83. The van der Waals surface area contributed by atoms with Gasteiger partial charge in [0.2, 0.25) is 0 Å². The van der Waals surface area contributed by atoms with Crippen LogP contribution >= 0.6 is 0 Å². The van der Waals surface area contributed by atoms with E-state index in [2.05, 4.69) is 26.7 Å². The largest absolute Gasteiger partial charge is 0.494 e. The highest BCUT2D eigenvalue weighted by molar-refractivity contribution is 7.86. The Morgan fingerprint density at radius 2 is 1.93 bits per heavy atom. The quantitative estimate of drug-likeness (QED) is 0.207. The third-order valence-electron chi connectivity index (χ3n) is 7.32. The summed E-state index contributed by atoms with van der Waals surface area (Å²) in [6.45, 7) is 1.95. The first kappa shape index (κ1) is 29.4. The summed E-state index contributed by atoms with van der Waals surface area (Å²) < 4.78 is 53.4. The van der Waals surface area contributed by atoms with E-state index in [1.165, 1.54) is 47.9 Å². The molecule has 228 valence electrons. The molecule has 0 unspecified atom stereocenters. The normalized spacial score (nSPS) is 13.3. The van der Waals surface area contributed by atoms with Crippen LogP contribution < -0.4 is 10.1 Å². The molecule has 0 saturated heterocycles. The molecular weight excluding hydrogens is 589 g/mol. The van der Waals surface area contributed by atoms with Crippen molar-refractivity contribution in [3.05, 3.63) is 101 Å². The highest BCUT2D eigenvalue weighted by Gasteiger charge is 2.25. The minimum atomic E-state index is -3.89. The lowest BCUT2D eigenvalue weighted by Gasteiger charge is -2.09. The van der Waals surface area contributed by atoms with Gasteiger partial charge >= 0.3 is 0 Å². The van der Waals surface area contributed by atoms with Gasteiger partial charge in [-0.25, -0.2) is 14.1 Å². The molecule has 5 aromatic rings. The number of rotatable bonds is 12. The van der Waals surface area contributed by atoms with Crippen LogP contribution in [0.5, 0.6) is 5.75 Å². The molecule has 0 atom stereocenters. The Morgan fingerprint density at radius 3 is 2.68 bits per heavy atom. The maximum absolute atomic E-state index is 14.4. The number of imidazole rings is 1. The van der Waals surface area contributed by atoms with E-state index in [-0.39, 0.29) is 41.7 Å². The zero-order valence-corrected chi connectivity index (χ0v) is 24.9. The second-order valence-electron chi connectivity index (χ2n) is 10.6. The molecule has 4 heterocycles. The van der Waals surface area contributed by atoms with Gasteiger partial charge in [0, 0.05) is 31.1 Å². The predicted molar refractivity (Wildman–Crippen MR) is 156 cm³/mol. The van der Waals surface area contributed by atoms with E-state index in [1.54, 1.807) is 12.1 Å². The molecule has 4 aromatic heterocycles. The third-order valence-corrected chi connectivity index (χ3v) is 8.65. The Hall–Kier alpha value is -4.69. The van der Waals surface area contributed by atoms with E-state index in [0.29, 0.717) is 23.7 Å². The van der Waals surface area contributed by atoms with Gasteiger partial charge in [0.25, 0.3) is 16.0 Å². The van der Waals surface area contributed by atoms with Crippen molar-refractivity contribution in [1.82, 2.24) is 34.7 Å².